The van der Waals surface area contributed by atoms with Gasteiger partial charge in [-0.25, -0.2) is 0 Å². The summed E-state index contributed by atoms with van der Waals surface area (Å²) in [6.07, 6.45) is 1.70. The van der Waals surface area contributed by atoms with Crippen LogP contribution in [0.5, 0.6) is 0 Å². The van der Waals surface area contributed by atoms with Gasteiger partial charge in [-0.15, -0.1) is 0 Å². The van der Waals surface area contributed by atoms with E-state index in [1.165, 1.54) is 0 Å². The van der Waals surface area contributed by atoms with Gasteiger partial charge in [0.15, 0.2) is 5.69 Å². The lowest BCUT2D eigenvalue weighted by molar-refractivity contribution is 0.102. The van der Waals surface area contributed by atoms with Crippen LogP contribution in [0, 0.1) is 11.8 Å². The van der Waals surface area contributed by atoms with Gasteiger partial charge in [0.2, 0.25) is 0 Å². The van der Waals surface area contributed by atoms with E-state index in [9.17, 15) is 4.79 Å². The number of carbonyl (C=O) groups is 1. The lowest BCUT2D eigenvalue weighted by atomic mass is 10.2. The molecule has 2 aromatic rings. The quantitative estimate of drug-likeness (QED) is 0.825. The van der Waals surface area contributed by atoms with Crippen LogP contribution in [0.25, 0.3) is 0 Å². The minimum absolute atomic E-state index is 0.251. The zero-order chi connectivity index (χ0) is 14.5. The third-order valence-electron chi connectivity index (χ3n) is 2.50. The fourth-order valence-electron chi connectivity index (χ4n) is 1.58. The molecule has 0 saturated heterocycles. The van der Waals surface area contributed by atoms with Crippen molar-refractivity contribution >= 4 is 23.2 Å². The highest BCUT2D eigenvalue weighted by Gasteiger charge is 2.09. The predicted molar refractivity (Wildman–Crippen MR) is 78.5 cm³/mol. The molecule has 5 nitrogen and oxygen atoms in total. The summed E-state index contributed by atoms with van der Waals surface area (Å²) in [6.45, 7) is 0.251. The summed E-state index contributed by atoms with van der Waals surface area (Å²) in [7, 11) is 1.75. The molecule has 0 saturated carbocycles. The van der Waals surface area contributed by atoms with Gasteiger partial charge in [-0.2, -0.15) is 5.10 Å². The molecule has 1 aromatic heterocycles. The van der Waals surface area contributed by atoms with Crippen molar-refractivity contribution in [3.8, 4) is 11.8 Å². The lowest BCUT2D eigenvalue weighted by Crippen LogP contribution is -2.13. The number of carbonyl (C=O) groups excluding carboxylic acids is 1. The van der Waals surface area contributed by atoms with E-state index in [1.54, 1.807) is 42.2 Å². The first-order chi connectivity index (χ1) is 9.60. The zero-order valence-corrected chi connectivity index (χ0v) is 11.6. The van der Waals surface area contributed by atoms with Gasteiger partial charge in [0.1, 0.15) is 0 Å². The van der Waals surface area contributed by atoms with Crippen molar-refractivity contribution in [3.05, 3.63) is 46.7 Å². The van der Waals surface area contributed by atoms with Gasteiger partial charge >= 0.3 is 0 Å². The van der Waals surface area contributed by atoms with Crippen LogP contribution in [-0.2, 0) is 7.05 Å². The van der Waals surface area contributed by atoms with Crippen LogP contribution in [0.2, 0.25) is 5.02 Å². The largest absolute Gasteiger partial charge is 0.321 e. The number of nitrogens with two attached hydrogens (primary N) is 1. The number of hydrogen-bond acceptors (Lipinski definition) is 3. The Balaban J connectivity index is 2.19. The number of anilines is 1. The summed E-state index contributed by atoms with van der Waals surface area (Å²) in [5, 5.41) is 7.29. The van der Waals surface area contributed by atoms with Gasteiger partial charge in [0.05, 0.1) is 11.6 Å². The number of aryl methyl sites for hydroxylation is 1. The molecule has 0 atom stereocenters. The first kappa shape index (κ1) is 14.1. The van der Waals surface area contributed by atoms with Crippen LogP contribution >= 0.6 is 11.6 Å². The number of rotatable bonds is 2. The van der Waals surface area contributed by atoms with E-state index in [2.05, 4.69) is 22.3 Å². The topological polar surface area (TPSA) is 72.9 Å². The molecule has 20 heavy (non-hydrogen) atoms. The number of nitrogens with zero attached hydrogens (tertiary/aromatic N) is 2. The molecular weight excluding hydrogens is 276 g/mol. The fraction of sp³-hybridized carbons (Fsp3) is 0.143. The van der Waals surface area contributed by atoms with Crippen molar-refractivity contribution < 1.29 is 4.79 Å². The monoisotopic (exact) mass is 288 g/mol. The van der Waals surface area contributed by atoms with Gasteiger partial charge in [-0.1, -0.05) is 23.4 Å². The smallest absolute Gasteiger partial charge is 0.276 e. The molecule has 0 radical (unpaired) electrons. The number of benzene rings is 1. The molecule has 102 valence electrons. The van der Waals surface area contributed by atoms with E-state index >= 15 is 0 Å². The normalized spacial score (nSPS) is 9.75. The van der Waals surface area contributed by atoms with Gasteiger partial charge in [0.25, 0.3) is 5.91 Å². The minimum atomic E-state index is -0.286. The molecule has 0 spiro atoms. The second-order valence-electron chi connectivity index (χ2n) is 4.03. The van der Waals surface area contributed by atoms with Crippen LogP contribution in [-0.4, -0.2) is 22.2 Å². The highest BCUT2D eigenvalue weighted by molar-refractivity contribution is 6.31. The number of aromatic nitrogens is 2. The van der Waals surface area contributed by atoms with Crippen LogP contribution in [0.15, 0.2) is 30.5 Å². The predicted octanol–water partition coefficient (Wildman–Crippen LogP) is 1.64. The third kappa shape index (κ3) is 3.38. The van der Waals surface area contributed by atoms with Crippen molar-refractivity contribution in [2.24, 2.45) is 12.8 Å². The lowest BCUT2D eigenvalue weighted by Gasteiger charge is -2.05. The van der Waals surface area contributed by atoms with Crippen LogP contribution < -0.4 is 11.1 Å². The van der Waals surface area contributed by atoms with Gasteiger partial charge in [-0.05, 0) is 24.3 Å². The molecule has 0 bridgehead atoms. The van der Waals surface area contributed by atoms with Crippen molar-refractivity contribution in [1.82, 2.24) is 9.78 Å². The van der Waals surface area contributed by atoms with E-state index in [1.807, 2.05) is 0 Å². The summed E-state index contributed by atoms with van der Waals surface area (Å²) >= 11 is 6.02. The second kappa shape index (κ2) is 6.24. The molecule has 2 rings (SSSR count). The highest BCUT2D eigenvalue weighted by Crippen LogP contribution is 2.20. The zero-order valence-electron chi connectivity index (χ0n) is 10.9. The number of nitrogens with one attached hydrogen (secondary N) is 1. The maximum absolute atomic E-state index is 12.0. The average molecular weight is 289 g/mol. The average Bonchev–Trinajstić information content (AvgIpc) is 2.86. The Labute approximate surface area is 121 Å². The molecule has 0 unspecified atom stereocenters. The maximum atomic E-state index is 12.0. The van der Waals surface area contributed by atoms with Gasteiger partial charge < -0.3 is 11.1 Å². The Kier molecular flexibility index (Phi) is 4.41. The Morgan fingerprint density at radius 2 is 2.30 bits per heavy atom. The molecule has 0 aliphatic carbocycles. The van der Waals surface area contributed by atoms with Gasteiger partial charge in [0, 0.05) is 24.5 Å². The number of halogens is 1. The highest BCUT2D eigenvalue weighted by atomic mass is 35.5. The summed E-state index contributed by atoms with van der Waals surface area (Å²) in [4.78, 5) is 12.0. The molecule has 0 fully saturated rings. The minimum Gasteiger partial charge on any atom is -0.321 e. The molecule has 0 aliphatic rings. The first-order valence-electron chi connectivity index (χ1n) is 5.89. The van der Waals surface area contributed by atoms with Crippen LogP contribution in [0.3, 0.4) is 0 Å². The second-order valence-corrected chi connectivity index (χ2v) is 4.44. The SMILES string of the molecule is Cn1ccc(C(=O)Nc2ccc(Cl)c(C#CCN)c2)n1. The van der Waals surface area contributed by atoms with Crippen molar-refractivity contribution in [2.75, 3.05) is 11.9 Å². The molecule has 6 heteroatoms. The summed E-state index contributed by atoms with van der Waals surface area (Å²) < 4.78 is 1.56. The summed E-state index contributed by atoms with van der Waals surface area (Å²) in [6, 6.07) is 6.72. The van der Waals surface area contributed by atoms with Gasteiger partial charge in [-0.3, -0.25) is 9.48 Å². The molecule has 1 heterocycles. The summed E-state index contributed by atoms with van der Waals surface area (Å²) in [5.41, 5.74) is 6.90. The maximum Gasteiger partial charge on any atom is 0.276 e. The van der Waals surface area contributed by atoms with Crippen molar-refractivity contribution in [1.29, 1.82) is 0 Å². The third-order valence-corrected chi connectivity index (χ3v) is 2.83. The molecule has 3 N–H and O–H groups in total. The van der Waals surface area contributed by atoms with E-state index in [-0.39, 0.29) is 12.5 Å². The first-order valence-corrected chi connectivity index (χ1v) is 6.27. The van der Waals surface area contributed by atoms with E-state index in [0.29, 0.717) is 22.0 Å². The van der Waals surface area contributed by atoms with E-state index in [0.717, 1.165) is 0 Å². The molecular formula is C14H13ClN4O. The fourth-order valence-corrected chi connectivity index (χ4v) is 1.74. The Bertz CT molecular complexity index is 697. The Hall–Kier alpha value is -2.29. The van der Waals surface area contributed by atoms with E-state index < -0.39 is 0 Å². The van der Waals surface area contributed by atoms with Crippen LogP contribution in [0.1, 0.15) is 16.1 Å². The Morgan fingerprint density at radius 3 is 2.95 bits per heavy atom. The van der Waals surface area contributed by atoms with Crippen molar-refractivity contribution in [3.63, 3.8) is 0 Å². The summed E-state index contributed by atoms with van der Waals surface area (Å²) in [5.74, 6) is 5.29. The molecule has 1 amide bonds. The van der Waals surface area contributed by atoms with Crippen molar-refractivity contribution in [2.45, 2.75) is 0 Å². The van der Waals surface area contributed by atoms with Crippen LogP contribution in [0.4, 0.5) is 5.69 Å². The van der Waals surface area contributed by atoms with E-state index in [4.69, 9.17) is 17.3 Å². The standard InChI is InChI=1S/C14H13ClN4O/c1-19-8-6-13(18-19)14(20)17-11-4-5-12(15)10(9-11)3-2-7-16/h4-6,8-9H,7,16H2,1H3,(H,17,20). The molecule has 1 aromatic carbocycles. The molecule has 0 aliphatic heterocycles. The number of hydrogen-bond donors (Lipinski definition) is 2. The number of amides is 1. The Morgan fingerprint density at radius 1 is 1.50 bits per heavy atom.